The molecule has 0 saturated heterocycles. The Labute approximate surface area is 108 Å². The van der Waals surface area contributed by atoms with Crippen LogP contribution in [0.1, 0.15) is 42.5 Å². The number of aryl methyl sites for hydroxylation is 2. The van der Waals surface area contributed by atoms with E-state index in [-0.39, 0.29) is 0 Å². The van der Waals surface area contributed by atoms with E-state index in [9.17, 15) is 0 Å². The topological polar surface area (TPSA) is 56.7 Å². The van der Waals surface area contributed by atoms with Gasteiger partial charge in [0.15, 0.2) is 5.82 Å². The second-order valence-electron chi connectivity index (χ2n) is 5.00. The van der Waals surface area contributed by atoms with Crippen molar-refractivity contribution in [2.75, 3.05) is 0 Å². The zero-order valence-corrected chi connectivity index (χ0v) is 11.4. The smallest absolute Gasteiger partial charge is 0.153 e. The minimum Gasteiger partial charge on any atom is -0.324 e. The van der Waals surface area contributed by atoms with Gasteiger partial charge < -0.3 is 5.73 Å². The van der Waals surface area contributed by atoms with E-state index in [1.807, 2.05) is 4.68 Å². The molecule has 0 bridgehead atoms. The minimum atomic E-state index is 0.308. The Bertz CT molecular complexity index is 535. The van der Waals surface area contributed by atoms with Crippen LogP contribution in [0.2, 0.25) is 0 Å². The maximum absolute atomic E-state index is 5.75. The van der Waals surface area contributed by atoms with Gasteiger partial charge in [-0.25, -0.2) is 9.67 Å². The molecule has 0 aliphatic carbocycles. The van der Waals surface area contributed by atoms with Crippen LogP contribution < -0.4 is 5.73 Å². The standard InChI is InChI=1S/C14H20N4/c1-9(2)14-16-13(8-15)18(17-14)12-6-10(3)5-11(4)7-12/h5-7,9H,8,15H2,1-4H3. The summed E-state index contributed by atoms with van der Waals surface area (Å²) < 4.78 is 1.86. The molecule has 0 saturated carbocycles. The second kappa shape index (κ2) is 4.90. The van der Waals surface area contributed by atoms with Crippen molar-refractivity contribution in [2.45, 2.75) is 40.2 Å². The number of hydrogen-bond donors (Lipinski definition) is 1. The average Bonchev–Trinajstić information content (AvgIpc) is 2.71. The molecule has 4 heteroatoms. The van der Waals surface area contributed by atoms with Gasteiger partial charge in [0.05, 0.1) is 12.2 Å². The van der Waals surface area contributed by atoms with Crippen LogP contribution in [0.3, 0.4) is 0 Å². The van der Waals surface area contributed by atoms with Gasteiger partial charge in [0, 0.05) is 5.92 Å². The molecule has 0 spiro atoms. The van der Waals surface area contributed by atoms with Gasteiger partial charge in [-0.2, -0.15) is 5.10 Å². The summed E-state index contributed by atoms with van der Waals surface area (Å²) in [6.45, 7) is 8.73. The van der Waals surface area contributed by atoms with Gasteiger partial charge in [-0.05, 0) is 37.1 Å². The van der Waals surface area contributed by atoms with Gasteiger partial charge in [-0.15, -0.1) is 0 Å². The Morgan fingerprint density at radius 1 is 1.17 bits per heavy atom. The summed E-state index contributed by atoms with van der Waals surface area (Å²) >= 11 is 0. The van der Waals surface area contributed by atoms with Crippen LogP contribution in [0.4, 0.5) is 0 Å². The number of nitrogens with zero attached hydrogens (tertiary/aromatic N) is 3. The molecule has 2 rings (SSSR count). The molecule has 2 N–H and O–H groups in total. The Kier molecular flexibility index (Phi) is 3.48. The van der Waals surface area contributed by atoms with Gasteiger partial charge >= 0.3 is 0 Å². The van der Waals surface area contributed by atoms with Crippen molar-refractivity contribution in [3.8, 4) is 5.69 Å². The maximum Gasteiger partial charge on any atom is 0.153 e. The molecule has 0 fully saturated rings. The molecule has 1 aromatic heterocycles. The minimum absolute atomic E-state index is 0.308. The van der Waals surface area contributed by atoms with Crippen molar-refractivity contribution in [3.05, 3.63) is 41.0 Å². The third kappa shape index (κ3) is 2.43. The lowest BCUT2D eigenvalue weighted by Crippen LogP contribution is -2.08. The summed E-state index contributed by atoms with van der Waals surface area (Å²) in [7, 11) is 0. The van der Waals surface area contributed by atoms with E-state index in [0.717, 1.165) is 17.3 Å². The molecular weight excluding hydrogens is 224 g/mol. The van der Waals surface area contributed by atoms with E-state index in [1.54, 1.807) is 0 Å². The quantitative estimate of drug-likeness (QED) is 0.902. The molecule has 2 aromatic rings. The molecule has 1 aromatic carbocycles. The van der Waals surface area contributed by atoms with Crippen LogP contribution in [0.15, 0.2) is 18.2 Å². The highest BCUT2D eigenvalue weighted by atomic mass is 15.4. The summed E-state index contributed by atoms with van der Waals surface area (Å²) in [5, 5.41) is 4.56. The van der Waals surface area contributed by atoms with Crippen LogP contribution in [-0.4, -0.2) is 14.8 Å². The molecule has 18 heavy (non-hydrogen) atoms. The van der Waals surface area contributed by atoms with E-state index < -0.39 is 0 Å². The first-order chi connectivity index (χ1) is 8.51. The lowest BCUT2D eigenvalue weighted by atomic mass is 10.1. The molecule has 0 radical (unpaired) electrons. The Morgan fingerprint density at radius 3 is 2.28 bits per heavy atom. The largest absolute Gasteiger partial charge is 0.324 e. The van der Waals surface area contributed by atoms with E-state index in [4.69, 9.17) is 5.73 Å². The SMILES string of the molecule is Cc1cc(C)cc(-n2nc(C(C)C)nc2CN)c1. The second-order valence-corrected chi connectivity index (χ2v) is 5.00. The highest BCUT2D eigenvalue weighted by molar-refractivity contribution is 5.39. The molecule has 1 heterocycles. The first-order valence-electron chi connectivity index (χ1n) is 6.26. The summed E-state index contributed by atoms with van der Waals surface area (Å²) in [6, 6.07) is 6.35. The predicted molar refractivity (Wildman–Crippen MR) is 72.8 cm³/mol. The van der Waals surface area contributed by atoms with Crippen molar-refractivity contribution in [2.24, 2.45) is 5.73 Å². The van der Waals surface area contributed by atoms with Gasteiger partial charge in [0.1, 0.15) is 5.82 Å². The summed E-state index contributed by atoms with van der Waals surface area (Å²) in [4.78, 5) is 4.49. The lowest BCUT2D eigenvalue weighted by molar-refractivity contribution is 0.745. The summed E-state index contributed by atoms with van der Waals surface area (Å²) in [6.07, 6.45) is 0. The van der Waals surface area contributed by atoms with E-state index >= 15 is 0 Å². The molecule has 0 aliphatic heterocycles. The van der Waals surface area contributed by atoms with Crippen molar-refractivity contribution < 1.29 is 0 Å². The van der Waals surface area contributed by atoms with Gasteiger partial charge in [-0.3, -0.25) is 0 Å². The molecule has 0 aliphatic rings. The first-order valence-corrected chi connectivity index (χ1v) is 6.26. The normalized spacial score (nSPS) is 11.2. The monoisotopic (exact) mass is 244 g/mol. The number of aromatic nitrogens is 3. The molecule has 4 nitrogen and oxygen atoms in total. The zero-order chi connectivity index (χ0) is 13.3. The molecule has 0 unspecified atom stereocenters. The predicted octanol–water partition coefficient (Wildman–Crippen LogP) is 2.47. The molecule has 0 atom stereocenters. The molecule has 96 valence electrons. The van der Waals surface area contributed by atoms with Crippen LogP contribution in [-0.2, 0) is 6.54 Å². The fourth-order valence-corrected chi connectivity index (χ4v) is 2.02. The first kappa shape index (κ1) is 12.8. The van der Waals surface area contributed by atoms with Crippen LogP contribution in [0.5, 0.6) is 0 Å². The third-order valence-electron chi connectivity index (χ3n) is 2.84. The van der Waals surface area contributed by atoms with Gasteiger partial charge in [-0.1, -0.05) is 19.9 Å². The van der Waals surface area contributed by atoms with Gasteiger partial charge in [0.25, 0.3) is 0 Å². The summed E-state index contributed by atoms with van der Waals surface area (Å²) in [5.41, 5.74) is 9.22. The fraction of sp³-hybridized carbons (Fsp3) is 0.429. The molecule has 0 amide bonds. The van der Waals surface area contributed by atoms with Crippen molar-refractivity contribution in [1.29, 1.82) is 0 Å². The number of benzene rings is 1. The van der Waals surface area contributed by atoms with Crippen molar-refractivity contribution in [3.63, 3.8) is 0 Å². The van der Waals surface area contributed by atoms with Crippen molar-refractivity contribution >= 4 is 0 Å². The van der Waals surface area contributed by atoms with E-state index in [0.29, 0.717) is 12.5 Å². The lowest BCUT2D eigenvalue weighted by Gasteiger charge is -2.07. The third-order valence-corrected chi connectivity index (χ3v) is 2.84. The number of hydrogen-bond acceptors (Lipinski definition) is 3. The average molecular weight is 244 g/mol. The Morgan fingerprint density at radius 2 is 1.78 bits per heavy atom. The molecular formula is C14H20N4. The maximum atomic E-state index is 5.75. The van der Waals surface area contributed by atoms with E-state index in [2.05, 4.69) is 56.0 Å². The van der Waals surface area contributed by atoms with Crippen LogP contribution in [0, 0.1) is 13.8 Å². The Hall–Kier alpha value is -1.68. The van der Waals surface area contributed by atoms with Crippen LogP contribution >= 0.6 is 0 Å². The Balaban J connectivity index is 2.55. The fourth-order valence-electron chi connectivity index (χ4n) is 2.02. The van der Waals surface area contributed by atoms with E-state index in [1.165, 1.54) is 11.1 Å². The summed E-state index contributed by atoms with van der Waals surface area (Å²) in [5.74, 6) is 1.96. The van der Waals surface area contributed by atoms with Crippen molar-refractivity contribution in [1.82, 2.24) is 14.8 Å². The zero-order valence-electron chi connectivity index (χ0n) is 11.4. The van der Waals surface area contributed by atoms with Crippen LogP contribution in [0.25, 0.3) is 5.69 Å². The highest BCUT2D eigenvalue weighted by Gasteiger charge is 2.13. The number of nitrogens with two attached hydrogens (primary N) is 1. The number of rotatable bonds is 3. The highest BCUT2D eigenvalue weighted by Crippen LogP contribution is 2.17. The van der Waals surface area contributed by atoms with Gasteiger partial charge in [0.2, 0.25) is 0 Å².